The summed E-state index contributed by atoms with van der Waals surface area (Å²) in [6, 6.07) is 9.61. The van der Waals surface area contributed by atoms with Gasteiger partial charge in [0.2, 0.25) is 0 Å². The first-order valence-electron chi connectivity index (χ1n) is 7.78. The number of carbonyl (C=O) groups excluding carboxylic acids is 1. The Morgan fingerprint density at radius 3 is 2.15 bits per heavy atom. The summed E-state index contributed by atoms with van der Waals surface area (Å²) in [5.41, 5.74) is 12.9. The Hall–Kier alpha value is -2.17. The summed E-state index contributed by atoms with van der Waals surface area (Å²) in [6.45, 7) is 0. The van der Waals surface area contributed by atoms with Crippen molar-refractivity contribution in [3.8, 4) is 11.5 Å². The molecule has 7 nitrogen and oxygen atoms in total. The van der Waals surface area contributed by atoms with Crippen LogP contribution in [-0.4, -0.2) is 34.2 Å². The zero-order chi connectivity index (χ0) is 19.3. The number of aliphatic carboxylic acids is 1. The Balaban J connectivity index is 1.93. The molecule has 26 heavy (non-hydrogen) atoms. The van der Waals surface area contributed by atoms with Crippen molar-refractivity contribution in [2.75, 3.05) is 0 Å². The Labute approximate surface area is 164 Å². The number of carboxylic acid groups (broad SMARTS) is 1. The number of esters is 1. The first kappa shape index (κ1) is 20.1. The predicted molar refractivity (Wildman–Crippen MR) is 104 cm³/mol. The molecule has 2 atom stereocenters. The zero-order valence-corrected chi connectivity index (χ0v) is 15.9. The van der Waals surface area contributed by atoms with Crippen molar-refractivity contribution in [3.63, 3.8) is 0 Å². The molecule has 0 aliphatic heterocycles. The number of rotatable bonds is 7. The van der Waals surface area contributed by atoms with Gasteiger partial charge in [0.15, 0.2) is 0 Å². The third-order valence-electron chi connectivity index (χ3n) is 3.69. The van der Waals surface area contributed by atoms with Crippen LogP contribution >= 0.6 is 22.6 Å². The van der Waals surface area contributed by atoms with E-state index in [2.05, 4.69) is 0 Å². The van der Waals surface area contributed by atoms with E-state index >= 15 is 0 Å². The monoisotopic (exact) mass is 470 g/mol. The molecule has 0 amide bonds. The van der Waals surface area contributed by atoms with Crippen LogP contribution in [0.1, 0.15) is 11.1 Å². The second kappa shape index (κ2) is 8.97. The molecule has 6 N–H and O–H groups in total. The van der Waals surface area contributed by atoms with E-state index in [9.17, 15) is 14.7 Å². The predicted octanol–water partition coefficient (Wildman–Crippen LogP) is 1.43. The molecule has 0 radical (unpaired) electrons. The molecule has 0 fully saturated rings. The largest absolute Gasteiger partial charge is 0.507 e. The SMILES string of the molecule is N[C@@H](Cc1ccc(OC(=O)[C@@H](N)Cc2ccc(O)c(I)c2)cc1)C(=O)O. The summed E-state index contributed by atoms with van der Waals surface area (Å²) in [4.78, 5) is 22.9. The Morgan fingerprint density at radius 2 is 1.58 bits per heavy atom. The molecule has 0 aliphatic rings. The highest BCUT2D eigenvalue weighted by molar-refractivity contribution is 14.1. The van der Waals surface area contributed by atoms with Gasteiger partial charge in [0.1, 0.15) is 23.6 Å². The fraction of sp³-hybridized carbons (Fsp3) is 0.222. The Bertz CT molecular complexity index is 795. The fourth-order valence-corrected chi connectivity index (χ4v) is 2.82. The van der Waals surface area contributed by atoms with E-state index in [-0.39, 0.29) is 18.6 Å². The molecule has 2 aromatic rings. The van der Waals surface area contributed by atoms with Crippen LogP contribution in [0.3, 0.4) is 0 Å². The number of halogens is 1. The van der Waals surface area contributed by atoms with Gasteiger partial charge in [0.25, 0.3) is 0 Å². The van der Waals surface area contributed by atoms with Gasteiger partial charge in [0.05, 0.1) is 3.57 Å². The van der Waals surface area contributed by atoms with E-state index in [0.717, 1.165) is 11.1 Å². The molecule has 0 heterocycles. The average molecular weight is 470 g/mol. The summed E-state index contributed by atoms with van der Waals surface area (Å²) < 4.78 is 5.92. The van der Waals surface area contributed by atoms with Crippen LogP contribution in [0, 0.1) is 3.57 Å². The molecule has 0 saturated heterocycles. The minimum absolute atomic E-state index is 0.174. The van der Waals surface area contributed by atoms with Crippen LogP contribution in [0.15, 0.2) is 42.5 Å². The Morgan fingerprint density at radius 1 is 1.00 bits per heavy atom. The Kier molecular flexibility index (Phi) is 6.95. The third-order valence-corrected chi connectivity index (χ3v) is 4.55. The molecular formula is C18H19IN2O5. The first-order chi connectivity index (χ1) is 12.3. The average Bonchev–Trinajstić information content (AvgIpc) is 2.59. The number of phenols is 1. The van der Waals surface area contributed by atoms with Gasteiger partial charge >= 0.3 is 11.9 Å². The maximum absolute atomic E-state index is 12.1. The molecule has 0 spiro atoms. The summed E-state index contributed by atoms with van der Waals surface area (Å²) in [5, 5.41) is 18.3. The lowest BCUT2D eigenvalue weighted by molar-refractivity contribution is -0.138. The first-order valence-corrected chi connectivity index (χ1v) is 8.86. The number of carbonyl (C=O) groups is 2. The van der Waals surface area contributed by atoms with Crippen molar-refractivity contribution in [1.29, 1.82) is 0 Å². The summed E-state index contributed by atoms with van der Waals surface area (Å²) >= 11 is 2.00. The lowest BCUT2D eigenvalue weighted by atomic mass is 10.1. The quantitative estimate of drug-likeness (QED) is 0.273. The van der Waals surface area contributed by atoms with Crippen LogP contribution in [0.2, 0.25) is 0 Å². The van der Waals surface area contributed by atoms with Crippen molar-refractivity contribution < 1.29 is 24.5 Å². The lowest BCUT2D eigenvalue weighted by Gasteiger charge is -2.12. The summed E-state index contributed by atoms with van der Waals surface area (Å²) in [6.07, 6.45) is 0.462. The maximum Gasteiger partial charge on any atom is 0.328 e. The smallest absolute Gasteiger partial charge is 0.328 e. The van der Waals surface area contributed by atoms with E-state index in [1.54, 1.807) is 42.5 Å². The maximum atomic E-state index is 12.1. The minimum atomic E-state index is -1.07. The van der Waals surface area contributed by atoms with Crippen LogP contribution < -0.4 is 16.2 Å². The highest BCUT2D eigenvalue weighted by atomic mass is 127. The topological polar surface area (TPSA) is 136 Å². The molecule has 8 heteroatoms. The molecule has 138 valence electrons. The van der Waals surface area contributed by atoms with Gasteiger partial charge in [-0.15, -0.1) is 0 Å². The van der Waals surface area contributed by atoms with E-state index in [4.69, 9.17) is 21.3 Å². The van der Waals surface area contributed by atoms with Gasteiger partial charge in [0, 0.05) is 0 Å². The lowest BCUT2D eigenvalue weighted by Crippen LogP contribution is -2.36. The molecule has 2 aromatic carbocycles. The molecule has 0 unspecified atom stereocenters. The number of aromatic hydroxyl groups is 1. The van der Waals surface area contributed by atoms with E-state index in [0.29, 0.717) is 9.32 Å². The number of ether oxygens (including phenoxy) is 1. The molecule has 2 rings (SSSR count). The second-order valence-electron chi connectivity index (χ2n) is 5.81. The highest BCUT2D eigenvalue weighted by Gasteiger charge is 2.18. The van der Waals surface area contributed by atoms with Crippen molar-refractivity contribution in [3.05, 3.63) is 57.2 Å². The minimum Gasteiger partial charge on any atom is -0.507 e. The van der Waals surface area contributed by atoms with Crippen molar-refractivity contribution in [2.45, 2.75) is 24.9 Å². The number of phenolic OH excluding ortho intramolecular Hbond substituents is 1. The summed E-state index contributed by atoms with van der Waals surface area (Å²) in [5.74, 6) is -1.16. The molecule has 0 bridgehead atoms. The molecule has 0 aromatic heterocycles. The van der Waals surface area contributed by atoms with Crippen LogP contribution in [0.25, 0.3) is 0 Å². The normalized spacial score (nSPS) is 13.0. The van der Waals surface area contributed by atoms with Crippen molar-refractivity contribution >= 4 is 34.5 Å². The highest BCUT2D eigenvalue weighted by Crippen LogP contribution is 2.21. The number of nitrogens with two attached hydrogens (primary N) is 2. The standard InChI is InChI=1S/C18H19IN2O5/c19-13-7-11(3-6-16(13)22)9-15(21)18(25)26-12-4-1-10(2-5-12)8-14(20)17(23)24/h1-7,14-15,22H,8-9,20-21H2,(H,23,24)/t14-,15-/m0/s1. The summed E-state index contributed by atoms with van der Waals surface area (Å²) in [7, 11) is 0. The van der Waals surface area contributed by atoms with Gasteiger partial charge in [-0.3, -0.25) is 4.79 Å². The number of hydrogen-bond acceptors (Lipinski definition) is 6. The molecule has 0 saturated carbocycles. The number of carboxylic acids is 1. The number of benzene rings is 2. The fourth-order valence-electron chi connectivity index (χ4n) is 2.24. The number of hydrogen-bond donors (Lipinski definition) is 4. The molecule has 0 aliphatic carbocycles. The van der Waals surface area contributed by atoms with Gasteiger partial charge in [-0.05, 0) is 70.8 Å². The van der Waals surface area contributed by atoms with E-state index in [1.807, 2.05) is 22.6 Å². The van der Waals surface area contributed by atoms with Crippen molar-refractivity contribution in [2.24, 2.45) is 11.5 Å². The van der Waals surface area contributed by atoms with Crippen LogP contribution in [0.5, 0.6) is 11.5 Å². The third kappa shape index (κ3) is 5.68. The van der Waals surface area contributed by atoms with Gasteiger partial charge in [-0.25, -0.2) is 4.79 Å². The van der Waals surface area contributed by atoms with E-state index < -0.39 is 24.0 Å². The van der Waals surface area contributed by atoms with Crippen LogP contribution in [0.4, 0.5) is 0 Å². The van der Waals surface area contributed by atoms with Crippen LogP contribution in [-0.2, 0) is 22.4 Å². The van der Waals surface area contributed by atoms with Gasteiger partial charge in [-0.2, -0.15) is 0 Å². The van der Waals surface area contributed by atoms with Gasteiger partial charge < -0.3 is 26.4 Å². The molecular weight excluding hydrogens is 451 g/mol. The van der Waals surface area contributed by atoms with Crippen molar-refractivity contribution in [1.82, 2.24) is 0 Å². The zero-order valence-electron chi connectivity index (χ0n) is 13.8. The van der Waals surface area contributed by atoms with E-state index in [1.165, 1.54) is 0 Å². The second-order valence-corrected chi connectivity index (χ2v) is 6.97. The van der Waals surface area contributed by atoms with Gasteiger partial charge in [-0.1, -0.05) is 18.2 Å².